The molecule has 4 aromatic rings. The number of esters is 1. The number of aryl methyl sites for hydroxylation is 1. The Balaban J connectivity index is 1.77. The summed E-state index contributed by atoms with van der Waals surface area (Å²) in [6.45, 7) is 1.93. The fraction of sp³-hybridized carbons (Fsp3) is 0.0588. The summed E-state index contributed by atoms with van der Waals surface area (Å²) in [5, 5.41) is 14.5. The number of carbonyl (C=O) groups is 1. The van der Waals surface area contributed by atoms with E-state index in [0.29, 0.717) is 5.75 Å². The average Bonchev–Trinajstić information content (AvgIpc) is 3.20. The Hall–Kier alpha value is -2.84. The number of thiophene rings is 1. The summed E-state index contributed by atoms with van der Waals surface area (Å²) in [5.74, 6) is -0.194. The molecular weight excluding hydrogens is 360 g/mol. The molecule has 4 rings (SSSR count). The van der Waals surface area contributed by atoms with Crippen molar-refractivity contribution in [1.82, 2.24) is 4.98 Å². The van der Waals surface area contributed by atoms with Gasteiger partial charge in [-0.25, -0.2) is 9.78 Å². The zero-order valence-electron chi connectivity index (χ0n) is 12.9. The van der Waals surface area contributed by atoms with Gasteiger partial charge in [-0.3, -0.25) is 10.1 Å². The zero-order chi connectivity index (χ0) is 17.6. The molecule has 0 amide bonds. The second-order valence-electron chi connectivity index (χ2n) is 5.31. The molecule has 0 atom stereocenters. The zero-order valence-corrected chi connectivity index (χ0v) is 14.5. The van der Waals surface area contributed by atoms with Crippen LogP contribution >= 0.6 is 22.7 Å². The van der Waals surface area contributed by atoms with Crippen molar-refractivity contribution in [1.29, 1.82) is 0 Å². The number of nitro groups is 1. The highest BCUT2D eigenvalue weighted by atomic mass is 32.1. The lowest BCUT2D eigenvalue weighted by atomic mass is 10.2. The van der Waals surface area contributed by atoms with Gasteiger partial charge in [0.25, 0.3) is 5.69 Å². The van der Waals surface area contributed by atoms with E-state index in [9.17, 15) is 14.9 Å². The first-order valence-electron chi connectivity index (χ1n) is 7.27. The number of carbonyl (C=O) groups excluding carboxylic acids is 1. The normalized spacial score (nSPS) is 11.1. The number of non-ortho nitro benzene ring substituents is 1. The standard InChI is InChI=1S/C17H10N2O4S2/c1-9-18-15-14(25-9)8-13(12-5-6-24-16(12)15)23-17(20)10-3-2-4-11(7-10)19(21)22/h2-8H,1H3. The van der Waals surface area contributed by atoms with Crippen molar-refractivity contribution >= 4 is 54.6 Å². The average molecular weight is 370 g/mol. The van der Waals surface area contributed by atoms with Crippen molar-refractivity contribution in [2.24, 2.45) is 0 Å². The van der Waals surface area contributed by atoms with Gasteiger partial charge in [0.05, 0.1) is 30.4 Å². The van der Waals surface area contributed by atoms with E-state index in [4.69, 9.17) is 4.74 Å². The van der Waals surface area contributed by atoms with Crippen molar-refractivity contribution in [3.05, 3.63) is 62.5 Å². The Morgan fingerprint density at radius 3 is 2.92 bits per heavy atom. The van der Waals surface area contributed by atoms with Crippen molar-refractivity contribution < 1.29 is 14.5 Å². The number of ether oxygens (including phenoxy) is 1. The molecule has 2 heterocycles. The minimum atomic E-state index is -0.628. The summed E-state index contributed by atoms with van der Waals surface area (Å²) < 4.78 is 7.45. The molecule has 0 N–H and O–H groups in total. The number of benzene rings is 2. The van der Waals surface area contributed by atoms with Crippen LogP contribution in [0.2, 0.25) is 0 Å². The predicted molar refractivity (Wildman–Crippen MR) is 97.8 cm³/mol. The van der Waals surface area contributed by atoms with E-state index in [1.54, 1.807) is 6.07 Å². The number of thiazole rings is 1. The van der Waals surface area contributed by atoms with E-state index < -0.39 is 10.9 Å². The lowest BCUT2D eigenvalue weighted by molar-refractivity contribution is -0.384. The van der Waals surface area contributed by atoms with Crippen LogP contribution in [-0.2, 0) is 0 Å². The Morgan fingerprint density at radius 2 is 2.12 bits per heavy atom. The predicted octanol–water partition coefficient (Wildman–Crippen LogP) is 4.95. The van der Waals surface area contributed by atoms with Gasteiger partial charge in [-0.15, -0.1) is 22.7 Å². The van der Waals surface area contributed by atoms with Crippen LogP contribution < -0.4 is 4.74 Å². The van der Waals surface area contributed by atoms with Crippen LogP contribution in [0.4, 0.5) is 5.69 Å². The highest BCUT2D eigenvalue weighted by molar-refractivity contribution is 7.21. The van der Waals surface area contributed by atoms with E-state index in [2.05, 4.69) is 4.98 Å². The minimum Gasteiger partial charge on any atom is -0.422 e. The molecule has 0 fully saturated rings. The first-order chi connectivity index (χ1) is 12.0. The first kappa shape index (κ1) is 15.7. The number of aromatic nitrogens is 1. The van der Waals surface area contributed by atoms with Gasteiger partial charge in [-0.2, -0.15) is 0 Å². The summed E-state index contributed by atoms with van der Waals surface area (Å²) in [7, 11) is 0. The van der Waals surface area contributed by atoms with Crippen LogP contribution in [0.1, 0.15) is 15.4 Å². The fourth-order valence-electron chi connectivity index (χ4n) is 2.58. The number of rotatable bonds is 3. The maximum absolute atomic E-state index is 12.4. The number of fused-ring (bicyclic) bond motifs is 3. The SMILES string of the molecule is Cc1nc2c(cc(OC(=O)c3cccc([N+](=O)[O-])c3)c3ccsc32)s1. The third-order valence-corrected chi connectivity index (χ3v) is 5.50. The maximum Gasteiger partial charge on any atom is 0.343 e. The molecule has 0 aliphatic heterocycles. The second kappa shape index (κ2) is 5.91. The van der Waals surface area contributed by atoms with E-state index in [-0.39, 0.29) is 11.3 Å². The molecule has 0 aliphatic carbocycles. The van der Waals surface area contributed by atoms with Crippen LogP contribution in [0.5, 0.6) is 5.75 Å². The maximum atomic E-state index is 12.4. The van der Waals surface area contributed by atoms with Gasteiger partial charge in [0.2, 0.25) is 0 Å². The van der Waals surface area contributed by atoms with Crippen molar-refractivity contribution in [2.75, 3.05) is 0 Å². The van der Waals surface area contributed by atoms with Gasteiger partial charge in [0, 0.05) is 23.6 Å². The van der Waals surface area contributed by atoms with Crippen LogP contribution in [0, 0.1) is 17.0 Å². The molecule has 6 nitrogen and oxygen atoms in total. The highest BCUT2D eigenvalue weighted by Crippen LogP contribution is 2.39. The second-order valence-corrected chi connectivity index (χ2v) is 7.47. The topological polar surface area (TPSA) is 82.3 Å². The molecule has 0 spiro atoms. The summed E-state index contributed by atoms with van der Waals surface area (Å²) >= 11 is 3.07. The molecule has 2 aromatic carbocycles. The molecule has 2 aromatic heterocycles. The summed E-state index contributed by atoms with van der Waals surface area (Å²) in [4.78, 5) is 27.3. The van der Waals surface area contributed by atoms with E-state index in [1.165, 1.54) is 46.9 Å². The van der Waals surface area contributed by atoms with Gasteiger partial charge in [-0.1, -0.05) is 6.07 Å². The summed E-state index contributed by atoms with van der Waals surface area (Å²) in [6.07, 6.45) is 0. The molecule has 0 saturated heterocycles. The fourth-order valence-corrected chi connectivity index (χ4v) is 4.41. The van der Waals surface area contributed by atoms with Crippen molar-refractivity contribution in [2.45, 2.75) is 6.92 Å². The van der Waals surface area contributed by atoms with Gasteiger partial charge in [-0.05, 0) is 24.4 Å². The largest absolute Gasteiger partial charge is 0.422 e. The number of hydrogen-bond acceptors (Lipinski definition) is 7. The van der Waals surface area contributed by atoms with Gasteiger partial charge >= 0.3 is 5.97 Å². The summed E-state index contributed by atoms with van der Waals surface area (Å²) in [6, 6.07) is 9.18. The monoisotopic (exact) mass is 370 g/mol. The van der Waals surface area contributed by atoms with Gasteiger partial charge in [0.15, 0.2) is 0 Å². The number of nitrogens with zero attached hydrogens (tertiary/aromatic N) is 2. The van der Waals surface area contributed by atoms with Crippen molar-refractivity contribution in [3.8, 4) is 5.75 Å². The molecule has 0 unspecified atom stereocenters. The molecule has 124 valence electrons. The Kier molecular flexibility index (Phi) is 3.70. The Bertz CT molecular complexity index is 1150. The van der Waals surface area contributed by atoms with E-state index >= 15 is 0 Å². The molecule has 0 radical (unpaired) electrons. The lowest BCUT2D eigenvalue weighted by Crippen LogP contribution is -2.09. The molecule has 0 bridgehead atoms. The van der Waals surface area contributed by atoms with Crippen LogP contribution in [0.15, 0.2) is 41.8 Å². The number of hydrogen-bond donors (Lipinski definition) is 0. The quantitative estimate of drug-likeness (QED) is 0.221. The molecule has 25 heavy (non-hydrogen) atoms. The van der Waals surface area contributed by atoms with E-state index in [1.807, 2.05) is 18.4 Å². The van der Waals surface area contributed by atoms with Crippen LogP contribution in [0.25, 0.3) is 20.3 Å². The molecule has 0 saturated carbocycles. The van der Waals surface area contributed by atoms with Crippen molar-refractivity contribution in [3.63, 3.8) is 0 Å². The first-order valence-corrected chi connectivity index (χ1v) is 8.96. The Labute approximate surface area is 149 Å². The van der Waals surface area contributed by atoms with Crippen LogP contribution in [-0.4, -0.2) is 15.9 Å². The van der Waals surface area contributed by atoms with Crippen LogP contribution in [0.3, 0.4) is 0 Å². The molecule has 0 aliphatic rings. The van der Waals surface area contributed by atoms with Gasteiger partial charge < -0.3 is 4.74 Å². The Morgan fingerprint density at radius 1 is 1.28 bits per heavy atom. The molecule has 8 heteroatoms. The minimum absolute atomic E-state index is 0.137. The third-order valence-electron chi connectivity index (χ3n) is 3.66. The highest BCUT2D eigenvalue weighted by Gasteiger charge is 2.17. The number of nitro benzene ring substituents is 1. The lowest BCUT2D eigenvalue weighted by Gasteiger charge is -2.06. The van der Waals surface area contributed by atoms with Gasteiger partial charge in [0.1, 0.15) is 5.75 Å². The third kappa shape index (κ3) is 2.75. The smallest absolute Gasteiger partial charge is 0.343 e. The summed E-state index contributed by atoms with van der Waals surface area (Å²) in [5.41, 5.74) is 0.893. The molecular formula is C17H10N2O4S2. The van der Waals surface area contributed by atoms with E-state index in [0.717, 1.165) is 25.3 Å².